The summed E-state index contributed by atoms with van der Waals surface area (Å²) < 4.78 is 4.79. The van der Waals surface area contributed by atoms with E-state index >= 15 is 0 Å². The third kappa shape index (κ3) is 4.59. The molecule has 1 amide bonds. The number of aromatic nitrogens is 1. The van der Waals surface area contributed by atoms with Crippen molar-refractivity contribution in [2.24, 2.45) is 5.92 Å². The molecule has 0 spiro atoms. The minimum atomic E-state index is -0.893. The third-order valence-electron chi connectivity index (χ3n) is 2.01. The topological polar surface area (TPSA) is 92.4 Å². The van der Waals surface area contributed by atoms with Crippen LogP contribution in [0.4, 0.5) is 0 Å². The zero-order chi connectivity index (χ0) is 12.0. The molecule has 0 aliphatic rings. The van der Waals surface area contributed by atoms with E-state index in [9.17, 15) is 9.59 Å². The zero-order valence-corrected chi connectivity index (χ0v) is 8.97. The SMILES string of the molecule is CC(CC(=O)O)CC(=O)NCc1ccno1. The molecule has 0 saturated carbocycles. The van der Waals surface area contributed by atoms with Crippen LogP contribution in [0.15, 0.2) is 16.8 Å². The van der Waals surface area contributed by atoms with Gasteiger partial charge in [0, 0.05) is 18.9 Å². The van der Waals surface area contributed by atoms with Crippen molar-refractivity contribution in [1.82, 2.24) is 10.5 Å². The molecule has 6 heteroatoms. The lowest BCUT2D eigenvalue weighted by Gasteiger charge is -2.07. The first-order chi connectivity index (χ1) is 7.58. The summed E-state index contributed by atoms with van der Waals surface area (Å²) >= 11 is 0. The van der Waals surface area contributed by atoms with Gasteiger partial charge in [-0.2, -0.15) is 0 Å². The van der Waals surface area contributed by atoms with E-state index in [2.05, 4.69) is 10.5 Å². The summed E-state index contributed by atoms with van der Waals surface area (Å²) in [6.07, 6.45) is 1.69. The monoisotopic (exact) mass is 226 g/mol. The minimum Gasteiger partial charge on any atom is -0.481 e. The maximum atomic E-state index is 11.4. The van der Waals surface area contributed by atoms with E-state index in [0.717, 1.165) is 0 Å². The number of rotatable bonds is 6. The van der Waals surface area contributed by atoms with Crippen LogP contribution in [0.2, 0.25) is 0 Å². The molecular formula is C10H14N2O4. The molecule has 0 aliphatic heterocycles. The Morgan fingerprint density at radius 3 is 2.88 bits per heavy atom. The molecule has 88 valence electrons. The number of hydrogen-bond donors (Lipinski definition) is 2. The highest BCUT2D eigenvalue weighted by atomic mass is 16.5. The third-order valence-corrected chi connectivity index (χ3v) is 2.01. The molecule has 16 heavy (non-hydrogen) atoms. The van der Waals surface area contributed by atoms with Gasteiger partial charge in [0.25, 0.3) is 0 Å². The number of carbonyl (C=O) groups excluding carboxylic acids is 1. The smallest absolute Gasteiger partial charge is 0.303 e. The number of aliphatic carboxylic acids is 1. The van der Waals surface area contributed by atoms with Gasteiger partial charge in [0.15, 0.2) is 5.76 Å². The van der Waals surface area contributed by atoms with Crippen molar-refractivity contribution in [2.45, 2.75) is 26.3 Å². The predicted molar refractivity (Wildman–Crippen MR) is 54.4 cm³/mol. The highest BCUT2D eigenvalue weighted by Crippen LogP contribution is 2.07. The Kier molecular flexibility index (Phi) is 4.50. The van der Waals surface area contributed by atoms with E-state index < -0.39 is 5.97 Å². The molecule has 0 bridgehead atoms. The maximum Gasteiger partial charge on any atom is 0.303 e. The second-order valence-electron chi connectivity index (χ2n) is 3.66. The second kappa shape index (κ2) is 5.89. The van der Waals surface area contributed by atoms with Crippen LogP contribution in [-0.2, 0) is 16.1 Å². The summed E-state index contributed by atoms with van der Waals surface area (Å²) in [6.45, 7) is 2.00. The fourth-order valence-electron chi connectivity index (χ4n) is 1.28. The lowest BCUT2D eigenvalue weighted by molar-refractivity contribution is -0.138. The fraction of sp³-hybridized carbons (Fsp3) is 0.500. The Balaban J connectivity index is 2.23. The van der Waals surface area contributed by atoms with Crippen LogP contribution >= 0.6 is 0 Å². The normalized spacial score (nSPS) is 12.1. The number of nitrogens with one attached hydrogen (secondary N) is 1. The van der Waals surface area contributed by atoms with Gasteiger partial charge in [-0.05, 0) is 5.92 Å². The van der Waals surface area contributed by atoms with Crippen molar-refractivity contribution in [1.29, 1.82) is 0 Å². The van der Waals surface area contributed by atoms with Crippen LogP contribution in [0.1, 0.15) is 25.5 Å². The maximum absolute atomic E-state index is 11.4. The van der Waals surface area contributed by atoms with Crippen LogP contribution < -0.4 is 5.32 Å². The van der Waals surface area contributed by atoms with Gasteiger partial charge < -0.3 is 14.9 Å². The van der Waals surface area contributed by atoms with Crippen molar-refractivity contribution in [3.63, 3.8) is 0 Å². The standard InChI is InChI=1S/C10H14N2O4/c1-7(5-10(14)15)4-9(13)11-6-8-2-3-12-16-8/h2-3,7H,4-6H2,1H3,(H,11,13)(H,14,15). The van der Waals surface area contributed by atoms with Crippen molar-refractivity contribution in [3.05, 3.63) is 18.0 Å². The van der Waals surface area contributed by atoms with Crippen LogP contribution in [-0.4, -0.2) is 22.1 Å². The van der Waals surface area contributed by atoms with Gasteiger partial charge >= 0.3 is 5.97 Å². The number of carbonyl (C=O) groups is 2. The molecule has 1 rings (SSSR count). The van der Waals surface area contributed by atoms with E-state index in [1.807, 2.05) is 0 Å². The molecular weight excluding hydrogens is 212 g/mol. The van der Waals surface area contributed by atoms with E-state index in [1.54, 1.807) is 13.0 Å². The molecule has 2 N–H and O–H groups in total. The first-order valence-electron chi connectivity index (χ1n) is 4.96. The lowest BCUT2D eigenvalue weighted by Crippen LogP contribution is -2.24. The molecule has 1 aromatic rings. The first-order valence-corrected chi connectivity index (χ1v) is 4.96. The highest BCUT2D eigenvalue weighted by Gasteiger charge is 2.12. The van der Waals surface area contributed by atoms with Crippen LogP contribution in [0, 0.1) is 5.92 Å². The van der Waals surface area contributed by atoms with Crippen molar-refractivity contribution in [3.8, 4) is 0 Å². The highest BCUT2D eigenvalue weighted by molar-refractivity contribution is 5.77. The Morgan fingerprint density at radius 1 is 1.56 bits per heavy atom. The molecule has 0 saturated heterocycles. The van der Waals surface area contributed by atoms with Gasteiger partial charge in [-0.3, -0.25) is 9.59 Å². The van der Waals surface area contributed by atoms with Crippen molar-refractivity contribution >= 4 is 11.9 Å². The quantitative estimate of drug-likeness (QED) is 0.748. The van der Waals surface area contributed by atoms with Gasteiger partial charge in [-0.1, -0.05) is 12.1 Å². The van der Waals surface area contributed by atoms with Crippen molar-refractivity contribution in [2.75, 3.05) is 0 Å². The molecule has 0 radical (unpaired) electrons. The van der Waals surface area contributed by atoms with Crippen LogP contribution in [0.3, 0.4) is 0 Å². The largest absolute Gasteiger partial charge is 0.481 e. The van der Waals surface area contributed by atoms with E-state index in [1.165, 1.54) is 6.20 Å². The Hall–Kier alpha value is -1.85. The molecule has 1 aromatic heterocycles. The second-order valence-corrected chi connectivity index (χ2v) is 3.66. The van der Waals surface area contributed by atoms with E-state index in [0.29, 0.717) is 5.76 Å². The molecule has 0 fully saturated rings. The summed E-state index contributed by atoms with van der Waals surface area (Å²) in [6, 6.07) is 1.65. The predicted octanol–water partition coefficient (Wildman–Crippen LogP) is 0.792. The van der Waals surface area contributed by atoms with E-state index in [4.69, 9.17) is 9.63 Å². The van der Waals surface area contributed by atoms with Crippen LogP contribution in [0.25, 0.3) is 0 Å². The van der Waals surface area contributed by atoms with Gasteiger partial charge in [0.1, 0.15) is 0 Å². The van der Waals surface area contributed by atoms with Crippen molar-refractivity contribution < 1.29 is 19.2 Å². The summed E-state index contributed by atoms with van der Waals surface area (Å²) in [4.78, 5) is 21.7. The molecule has 1 unspecified atom stereocenters. The Morgan fingerprint density at radius 2 is 2.31 bits per heavy atom. The Bertz CT molecular complexity index is 348. The number of nitrogens with zero attached hydrogens (tertiary/aromatic N) is 1. The van der Waals surface area contributed by atoms with Gasteiger partial charge in [-0.15, -0.1) is 0 Å². The fourth-order valence-corrected chi connectivity index (χ4v) is 1.28. The lowest BCUT2D eigenvalue weighted by atomic mass is 10.0. The summed E-state index contributed by atoms with van der Waals surface area (Å²) in [7, 11) is 0. The zero-order valence-electron chi connectivity index (χ0n) is 8.97. The number of amides is 1. The summed E-state index contributed by atoms with van der Waals surface area (Å²) in [5.41, 5.74) is 0. The molecule has 0 aromatic carbocycles. The summed E-state index contributed by atoms with van der Waals surface area (Å²) in [5.74, 6) is -0.688. The Labute approximate surface area is 92.6 Å². The van der Waals surface area contributed by atoms with Crippen LogP contribution in [0.5, 0.6) is 0 Å². The van der Waals surface area contributed by atoms with E-state index in [-0.39, 0.29) is 31.2 Å². The average molecular weight is 226 g/mol. The van der Waals surface area contributed by atoms with Gasteiger partial charge in [0.05, 0.1) is 12.7 Å². The molecule has 1 atom stereocenters. The number of carboxylic acid groups (broad SMARTS) is 1. The number of hydrogen-bond acceptors (Lipinski definition) is 4. The number of carboxylic acids is 1. The van der Waals surface area contributed by atoms with Gasteiger partial charge in [-0.25, -0.2) is 0 Å². The summed E-state index contributed by atoms with van der Waals surface area (Å²) in [5, 5.41) is 14.6. The molecule has 0 aliphatic carbocycles. The molecule has 6 nitrogen and oxygen atoms in total. The van der Waals surface area contributed by atoms with Gasteiger partial charge in [0.2, 0.25) is 5.91 Å². The molecule has 1 heterocycles. The minimum absolute atomic E-state index is 0.00424. The average Bonchev–Trinajstić information content (AvgIpc) is 2.65. The first kappa shape index (κ1) is 12.2.